The number of fused-ring (bicyclic) bond motifs is 6. The van der Waals surface area contributed by atoms with Crippen LogP contribution in [0.2, 0.25) is 0 Å². The molecule has 18 aromatic rings. The molecule has 0 saturated heterocycles. The van der Waals surface area contributed by atoms with Crippen LogP contribution < -0.4 is 10.2 Å². The first-order chi connectivity index (χ1) is 49.0. The Morgan fingerprint density at radius 3 is 0.990 bits per heavy atom. The van der Waals surface area contributed by atoms with Crippen molar-refractivity contribution in [2.75, 3.05) is 10.2 Å². The number of anilines is 5. The highest BCUT2D eigenvalue weighted by Gasteiger charge is 2.19. The van der Waals surface area contributed by atoms with Crippen LogP contribution in [0.1, 0.15) is 0 Å². The molecule has 0 saturated carbocycles. The quantitative estimate of drug-likeness (QED) is 0.122. The summed E-state index contributed by atoms with van der Waals surface area (Å²) < 4.78 is 17.4. The first-order valence-electron chi connectivity index (χ1n) is 32.7. The maximum atomic E-state index is 6.02. The normalized spacial score (nSPS) is 11.1. The van der Waals surface area contributed by atoms with Gasteiger partial charge in [0.05, 0.1) is 22.1 Å². The molecule has 11 heteroatoms. The largest absolute Gasteiger partial charge is 0.416 e. The third-order valence-electron chi connectivity index (χ3n) is 17.5. The number of nitrogens with zero attached hydrogens (tertiary/aromatic N) is 7. The second-order valence-corrected chi connectivity index (χ2v) is 24.7. The van der Waals surface area contributed by atoms with Gasteiger partial charge in [0.25, 0.3) is 0 Å². The summed E-state index contributed by atoms with van der Waals surface area (Å²) in [5, 5.41) is 25.2. The third-order valence-corrected chi connectivity index (χ3v) is 18.0. The van der Waals surface area contributed by atoms with Crippen LogP contribution in [0.15, 0.2) is 377 Å². The van der Waals surface area contributed by atoms with Gasteiger partial charge in [0, 0.05) is 88.1 Å². The van der Waals surface area contributed by atoms with Gasteiger partial charge in [-0.25, -0.2) is 0 Å². The van der Waals surface area contributed by atoms with Gasteiger partial charge in [-0.1, -0.05) is 198 Å². The molecule has 1 N–H and O–H groups in total. The average Bonchev–Trinajstić information content (AvgIpc) is 1.60. The van der Waals surface area contributed by atoms with Gasteiger partial charge in [0.1, 0.15) is 0 Å². The molecule has 472 valence electrons. The number of hydrogen-bond acceptors (Lipinski definition) is 8. The zero-order valence-electron chi connectivity index (χ0n) is 53.5. The number of rotatable bonds is 13. The predicted octanol–water partition coefficient (Wildman–Crippen LogP) is 24.0. The predicted molar refractivity (Wildman–Crippen MR) is 408 cm³/mol. The number of halogens is 1. The Kier molecular flexibility index (Phi) is 17.1. The van der Waals surface area contributed by atoms with Crippen LogP contribution in [0.4, 0.5) is 28.4 Å². The summed E-state index contributed by atoms with van der Waals surface area (Å²) in [5.74, 6) is 2.06. The van der Waals surface area contributed by atoms with E-state index in [9.17, 15) is 0 Å². The van der Waals surface area contributed by atoms with Gasteiger partial charge >= 0.3 is 0 Å². The molecule has 0 aliphatic rings. The van der Waals surface area contributed by atoms with Gasteiger partial charge in [0.2, 0.25) is 23.6 Å². The van der Waals surface area contributed by atoms with Gasteiger partial charge < -0.3 is 28.2 Å². The summed E-state index contributed by atoms with van der Waals surface area (Å²) in [6.07, 6.45) is 0. The Morgan fingerprint density at radius 2 is 0.556 bits per heavy atom. The van der Waals surface area contributed by atoms with Crippen molar-refractivity contribution in [2.24, 2.45) is 0 Å². The molecule has 0 amide bonds. The Bertz CT molecular complexity index is 5730. The van der Waals surface area contributed by atoms with Crippen LogP contribution in [0, 0.1) is 0 Å². The molecule has 0 aliphatic carbocycles. The molecule has 0 fully saturated rings. The Hall–Kier alpha value is -13.0. The fourth-order valence-electron chi connectivity index (χ4n) is 12.7. The molecule has 0 atom stereocenters. The number of nitrogens with one attached hydrogen (secondary N) is 1. The van der Waals surface area contributed by atoms with E-state index in [1.165, 1.54) is 66.0 Å². The lowest BCUT2D eigenvalue weighted by molar-refractivity contribution is 0.584. The van der Waals surface area contributed by atoms with Gasteiger partial charge in [-0.2, -0.15) is 0 Å². The van der Waals surface area contributed by atoms with E-state index in [1.54, 1.807) is 0 Å². The van der Waals surface area contributed by atoms with Crippen LogP contribution in [0.5, 0.6) is 0 Å². The van der Waals surface area contributed by atoms with E-state index in [0.29, 0.717) is 23.6 Å². The molecule has 4 heterocycles. The van der Waals surface area contributed by atoms with Crippen LogP contribution in [-0.4, -0.2) is 29.5 Å². The summed E-state index contributed by atoms with van der Waals surface area (Å²) in [7, 11) is 0. The van der Waals surface area contributed by atoms with E-state index < -0.39 is 0 Å². The molecule has 0 spiro atoms. The Labute approximate surface area is 580 Å². The van der Waals surface area contributed by atoms with Crippen LogP contribution in [-0.2, 0) is 0 Å². The minimum absolute atomic E-state index is 0.491. The average molecular weight is 1340 g/mol. The maximum Gasteiger partial charge on any atom is 0.248 e. The molecule has 4 aromatic heterocycles. The Balaban J connectivity index is 0.000000130. The highest BCUT2D eigenvalue weighted by atomic mass is 79.9. The van der Waals surface area contributed by atoms with E-state index in [1.807, 2.05) is 121 Å². The van der Waals surface area contributed by atoms with E-state index in [2.05, 4.69) is 298 Å². The van der Waals surface area contributed by atoms with Crippen molar-refractivity contribution in [2.45, 2.75) is 0 Å². The SMILES string of the molecule is Brc1ccc(-c2nnc(-c3ccccc3)o2)cc1.c1ccc(-c2nnc(-c3ccc(N(c4ccccc4)c4ccc(-c5ccc6c(c5)c5ccccc5n6-c5ccccc5)cc4)cc3)o2)cc1.c1ccc(Nc2ccc(-c3ccc4c(c3)c3ccccc3n4-c3ccccc3)cc2)cc1. The van der Waals surface area contributed by atoms with Crippen molar-refractivity contribution in [3.8, 4) is 79.4 Å². The van der Waals surface area contributed by atoms with E-state index in [0.717, 1.165) is 66.4 Å². The van der Waals surface area contributed by atoms with Gasteiger partial charge in [-0.05, 0) is 204 Å². The van der Waals surface area contributed by atoms with Crippen molar-refractivity contribution in [1.29, 1.82) is 0 Å². The lowest BCUT2D eigenvalue weighted by Crippen LogP contribution is -2.09. The number of benzene rings is 14. The standard InChI is InChI=1S/C44H30N4O.C30H22N2.C14H9BrN2O/c1-4-12-32(13-5-1)43-45-46-44(49-43)33-22-27-38(28-23-33)47(35-14-6-2-7-15-35)37-25-20-31(21-26-37)34-24-29-42-40(30-34)39-18-10-11-19-41(39)48(42)36-16-8-3-9-17-36;1-3-9-24(10-4-1)31-25-18-15-22(16-19-25)23-17-20-30-28(21-23)27-13-7-8-14-29(27)32(30)26-11-5-2-6-12-26;15-12-8-6-11(7-9-12)14-17-16-13(18-14)10-4-2-1-3-5-10/h1-30H;1-21,31H;1-9H. The molecular formula is C88H61BrN8O2. The first-order valence-corrected chi connectivity index (χ1v) is 33.5. The van der Waals surface area contributed by atoms with Crippen molar-refractivity contribution in [1.82, 2.24) is 29.5 Å². The summed E-state index contributed by atoms with van der Waals surface area (Å²) >= 11 is 3.39. The number of hydrogen-bond donors (Lipinski definition) is 1. The molecule has 99 heavy (non-hydrogen) atoms. The van der Waals surface area contributed by atoms with Crippen LogP contribution in [0.25, 0.3) is 123 Å². The summed E-state index contributed by atoms with van der Waals surface area (Å²) in [6.45, 7) is 0. The van der Waals surface area contributed by atoms with E-state index >= 15 is 0 Å². The third kappa shape index (κ3) is 12.9. The molecule has 0 aliphatic heterocycles. The van der Waals surface area contributed by atoms with E-state index in [-0.39, 0.29) is 0 Å². The first kappa shape index (κ1) is 60.9. The zero-order chi connectivity index (χ0) is 66.3. The topological polar surface area (TPSA) is 103 Å². The van der Waals surface area contributed by atoms with Gasteiger partial charge in [0.15, 0.2) is 0 Å². The fourth-order valence-corrected chi connectivity index (χ4v) is 13.0. The van der Waals surface area contributed by atoms with Crippen molar-refractivity contribution < 1.29 is 8.83 Å². The summed E-state index contributed by atoms with van der Waals surface area (Å²) in [4.78, 5) is 2.26. The second kappa shape index (κ2) is 27.8. The molecule has 14 aromatic carbocycles. The number of aromatic nitrogens is 6. The van der Waals surface area contributed by atoms with Crippen molar-refractivity contribution >= 4 is 88.0 Å². The van der Waals surface area contributed by atoms with Gasteiger partial charge in [-0.15, -0.1) is 20.4 Å². The fraction of sp³-hybridized carbons (Fsp3) is 0. The molecule has 18 rings (SSSR count). The maximum absolute atomic E-state index is 6.02. The monoisotopic (exact) mass is 1340 g/mol. The van der Waals surface area contributed by atoms with Gasteiger partial charge in [-0.3, -0.25) is 0 Å². The highest BCUT2D eigenvalue weighted by molar-refractivity contribution is 9.10. The van der Waals surface area contributed by atoms with E-state index in [4.69, 9.17) is 8.83 Å². The lowest BCUT2D eigenvalue weighted by atomic mass is 10.0. The lowest BCUT2D eigenvalue weighted by Gasteiger charge is -2.25. The Morgan fingerprint density at radius 1 is 0.253 bits per heavy atom. The summed E-state index contributed by atoms with van der Waals surface area (Å²) in [6, 6.07) is 126. The molecule has 0 radical (unpaired) electrons. The van der Waals surface area contributed by atoms with Crippen LogP contribution >= 0.6 is 15.9 Å². The van der Waals surface area contributed by atoms with Crippen molar-refractivity contribution in [3.63, 3.8) is 0 Å². The second-order valence-electron chi connectivity index (χ2n) is 23.7. The zero-order valence-corrected chi connectivity index (χ0v) is 55.1. The summed E-state index contributed by atoms with van der Waals surface area (Å²) in [5.41, 5.74) is 20.9. The minimum Gasteiger partial charge on any atom is -0.416 e. The molecule has 0 unspecified atom stereocenters. The molecule has 0 bridgehead atoms. The minimum atomic E-state index is 0.491. The molecular weight excluding hydrogens is 1280 g/mol. The molecule has 10 nitrogen and oxygen atoms in total. The van der Waals surface area contributed by atoms with Crippen LogP contribution in [0.3, 0.4) is 0 Å². The smallest absolute Gasteiger partial charge is 0.248 e. The number of para-hydroxylation sites is 6. The van der Waals surface area contributed by atoms with Crippen molar-refractivity contribution in [3.05, 3.63) is 368 Å². The highest BCUT2D eigenvalue weighted by Crippen LogP contribution is 2.40.